The fourth-order valence-electron chi connectivity index (χ4n) is 5.04. The number of nitrogens with one attached hydrogen (secondary N) is 1. The summed E-state index contributed by atoms with van der Waals surface area (Å²) >= 11 is 0. The van der Waals surface area contributed by atoms with Crippen LogP contribution in [0.2, 0.25) is 0 Å². The van der Waals surface area contributed by atoms with Crippen LogP contribution in [0, 0.1) is 17.8 Å². The number of carbonyl (C=O) groups is 1. The van der Waals surface area contributed by atoms with Gasteiger partial charge in [0.1, 0.15) is 0 Å². The molecule has 0 amide bonds. The van der Waals surface area contributed by atoms with Gasteiger partial charge in [0.2, 0.25) is 0 Å². The number of rotatable bonds is 5. The minimum atomic E-state index is -5.08. The average Bonchev–Trinajstić information content (AvgIpc) is 3.32. The average molecular weight is 413 g/mol. The van der Waals surface area contributed by atoms with Crippen LogP contribution in [0.5, 0.6) is 0 Å². The van der Waals surface area contributed by atoms with Crippen molar-refractivity contribution in [3.05, 3.63) is 35.9 Å². The third-order valence-corrected chi connectivity index (χ3v) is 6.71. The molecule has 0 bridgehead atoms. The van der Waals surface area contributed by atoms with Gasteiger partial charge in [0.05, 0.1) is 6.10 Å². The van der Waals surface area contributed by atoms with Gasteiger partial charge in [0, 0.05) is 5.54 Å². The zero-order valence-corrected chi connectivity index (χ0v) is 16.5. The minimum Gasteiger partial charge on any atom is -0.475 e. The Balaban J connectivity index is 0.000000298. The van der Waals surface area contributed by atoms with Crippen molar-refractivity contribution < 1.29 is 28.2 Å². The van der Waals surface area contributed by atoms with Crippen molar-refractivity contribution >= 4 is 5.97 Å². The van der Waals surface area contributed by atoms with E-state index < -0.39 is 12.1 Å². The lowest BCUT2D eigenvalue weighted by atomic mass is 9.75. The van der Waals surface area contributed by atoms with Gasteiger partial charge in [0.15, 0.2) is 0 Å². The summed E-state index contributed by atoms with van der Waals surface area (Å²) in [6.45, 7) is 1.11. The van der Waals surface area contributed by atoms with Gasteiger partial charge in [-0.15, -0.1) is 0 Å². The molecule has 0 saturated heterocycles. The van der Waals surface area contributed by atoms with E-state index in [0.717, 1.165) is 42.7 Å². The molecule has 4 nitrogen and oxygen atoms in total. The number of hydrogen-bond donors (Lipinski definition) is 3. The molecule has 3 atom stereocenters. The maximum absolute atomic E-state index is 11.1. The van der Waals surface area contributed by atoms with Gasteiger partial charge in [-0.3, -0.25) is 0 Å². The summed E-state index contributed by atoms with van der Waals surface area (Å²) in [6.07, 6.45) is 4.92. The predicted octanol–water partition coefficient (Wildman–Crippen LogP) is 4.69. The maximum Gasteiger partial charge on any atom is 0.490 e. The second kappa shape index (κ2) is 9.04. The molecule has 3 aliphatic rings. The van der Waals surface area contributed by atoms with Crippen molar-refractivity contribution in [2.75, 3.05) is 6.54 Å². The van der Waals surface area contributed by atoms with Crippen LogP contribution in [0.25, 0.3) is 0 Å². The molecule has 7 heteroatoms. The molecule has 3 N–H and O–H groups in total. The molecule has 0 radical (unpaired) electrons. The Morgan fingerprint density at radius 2 is 1.62 bits per heavy atom. The fourth-order valence-corrected chi connectivity index (χ4v) is 5.04. The highest BCUT2D eigenvalue weighted by Crippen LogP contribution is 2.54. The Morgan fingerprint density at radius 3 is 2.14 bits per heavy atom. The van der Waals surface area contributed by atoms with Crippen LogP contribution in [0.4, 0.5) is 13.2 Å². The highest BCUT2D eigenvalue weighted by molar-refractivity contribution is 5.73. The second-order valence-electron chi connectivity index (χ2n) is 8.81. The summed E-state index contributed by atoms with van der Waals surface area (Å²) in [5.41, 5.74) is 0.984. The molecular weight excluding hydrogens is 383 g/mol. The molecule has 3 fully saturated rings. The summed E-state index contributed by atoms with van der Waals surface area (Å²) in [6, 6.07) is 10.3. The number of carboxylic acids is 1. The van der Waals surface area contributed by atoms with Gasteiger partial charge in [-0.05, 0) is 62.0 Å². The number of hydrogen-bond acceptors (Lipinski definition) is 3. The van der Waals surface area contributed by atoms with Crippen LogP contribution >= 0.6 is 0 Å². The third-order valence-electron chi connectivity index (χ3n) is 6.71. The lowest BCUT2D eigenvalue weighted by Crippen LogP contribution is -2.52. The number of aliphatic hydroxyl groups is 1. The van der Waals surface area contributed by atoms with E-state index in [2.05, 4.69) is 17.4 Å². The number of carboxylic acid groups (broad SMARTS) is 1. The van der Waals surface area contributed by atoms with Crippen molar-refractivity contribution in [1.82, 2.24) is 5.32 Å². The Labute approximate surface area is 169 Å². The zero-order chi connectivity index (χ0) is 21.1. The second-order valence-corrected chi connectivity index (χ2v) is 8.81. The highest BCUT2D eigenvalue weighted by atomic mass is 19.4. The molecule has 29 heavy (non-hydrogen) atoms. The van der Waals surface area contributed by atoms with Gasteiger partial charge in [-0.1, -0.05) is 49.6 Å². The molecule has 162 valence electrons. The van der Waals surface area contributed by atoms with Gasteiger partial charge >= 0.3 is 12.1 Å². The van der Waals surface area contributed by atoms with Gasteiger partial charge in [0.25, 0.3) is 0 Å². The van der Waals surface area contributed by atoms with Crippen molar-refractivity contribution in [2.24, 2.45) is 17.8 Å². The van der Waals surface area contributed by atoms with Crippen LogP contribution in [0.3, 0.4) is 0 Å². The Hall–Kier alpha value is -1.60. The summed E-state index contributed by atoms with van der Waals surface area (Å²) in [5, 5.41) is 22.1. The van der Waals surface area contributed by atoms with E-state index in [9.17, 15) is 18.3 Å². The maximum atomic E-state index is 11.1. The first-order chi connectivity index (χ1) is 13.7. The quantitative estimate of drug-likeness (QED) is 0.655. The molecule has 4 rings (SSSR count). The third kappa shape index (κ3) is 5.72. The number of halogens is 3. The van der Waals surface area contributed by atoms with Crippen LogP contribution < -0.4 is 5.32 Å². The molecule has 3 unspecified atom stereocenters. The number of alkyl halides is 3. The molecule has 0 aliphatic heterocycles. The van der Waals surface area contributed by atoms with E-state index in [1.165, 1.54) is 38.5 Å². The summed E-state index contributed by atoms with van der Waals surface area (Å²) in [4.78, 5) is 8.90. The molecule has 3 aliphatic carbocycles. The lowest BCUT2D eigenvalue weighted by Gasteiger charge is -2.43. The summed E-state index contributed by atoms with van der Waals surface area (Å²) in [7, 11) is 0. The van der Waals surface area contributed by atoms with Crippen LogP contribution in [0.1, 0.15) is 63.0 Å². The molecule has 0 aromatic heterocycles. The monoisotopic (exact) mass is 413 g/mol. The SMILES string of the molecule is O=C(O)C(F)(F)F.OC(c1ccccc1)C1(NCC2CC3CC3C2)CCCCC1. The van der Waals surface area contributed by atoms with Gasteiger partial charge in [-0.2, -0.15) is 13.2 Å². The number of fused-ring (bicyclic) bond motifs is 1. The highest BCUT2D eigenvalue weighted by Gasteiger charge is 2.47. The van der Waals surface area contributed by atoms with Gasteiger partial charge < -0.3 is 15.5 Å². The fraction of sp³-hybridized carbons (Fsp3) is 0.682. The number of aliphatic carboxylic acids is 1. The van der Waals surface area contributed by atoms with Crippen molar-refractivity contribution in [3.63, 3.8) is 0 Å². The summed E-state index contributed by atoms with van der Waals surface area (Å²) in [5.74, 6) is 0.194. The molecule has 0 spiro atoms. The van der Waals surface area contributed by atoms with Crippen LogP contribution in [-0.4, -0.2) is 34.4 Å². The van der Waals surface area contributed by atoms with Crippen molar-refractivity contribution in [2.45, 2.75) is 69.2 Å². The van der Waals surface area contributed by atoms with E-state index in [4.69, 9.17) is 9.90 Å². The molecule has 1 aromatic carbocycles. The zero-order valence-electron chi connectivity index (χ0n) is 16.5. The summed E-state index contributed by atoms with van der Waals surface area (Å²) < 4.78 is 31.7. The van der Waals surface area contributed by atoms with E-state index in [0.29, 0.717) is 0 Å². The Kier molecular flexibility index (Phi) is 6.89. The van der Waals surface area contributed by atoms with Crippen LogP contribution in [-0.2, 0) is 4.79 Å². The topological polar surface area (TPSA) is 69.6 Å². The van der Waals surface area contributed by atoms with Crippen molar-refractivity contribution in [1.29, 1.82) is 0 Å². The minimum absolute atomic E-state index is 0.0909. The molecule has 3 saturated carbocycles. The largest absolute Gasteiger partial charge is 0.490 e. The first kappa shape index (κ1) is 22.1. The van der Waals surface area contributed by atoms with E-state index in [1.54, 1.807) is 0 Å². The normalized spacial score (nSPS) is 28.6. The molecular formula is C22H30F3NO3. The standard InChI is InChI=1S/C20H29NO.C2HF3O2/c22-19(16-7-3-1-4-8-16)20(9-5-2-6-10-20)21-14-15-11-17-13-18(17)12-15;3-2(4,5)1(6)7/h1,3-4,7-8,15,17-19,21-22H,2,5-6,9-14H2;(H,6,7). The first-order valence-electron chi connectivity index (χ1n) is 10.5. The first-order valence-corrected chi connectivity index (χ1v) is 10.5. The van der Waals surface area contributed by atoms with Gasteiger partial charge in [-0.25, -0.2) is 4.79 Å². The van der Waals surface area contributed by atoms with E-state index >= 15 is 0 Å². The molecule has 1 aromatic rings. The molecule has 0 heterocycles. The Bertz CT molecular complexity index is 664. The smallest absolute Gasteiger partial charge is 0.475 e. The Morgan fingerprint density at radius 1 is 1.07 bits per heavy atom. The van der Waals surface area contributed by atoms with E-state index in [1.807, 2.05) is 18.2 Å². The lowest BCUT2D eigenvalue weighted by molar-refractivity contribution is -0.192. The van der Waals surface area contributed by atoms with Crippen molar-refractivity contribution in [3.8, 4) is 0 Å². The predicted molar refractivity (Wildman–Crippen MR) is 103 cm³/mol. The van der Waals surface area contributed by atoms with Crippen LogP contribution in [0.15, 0.2) is 30.3 Å². The van der Waals surface area contributed by atoms with E-state index in [-0.39, 0.29) is 11.6 Å². The number of aliphatic hydroxyl groups excluding tert-OH is 1. The number of benzene rings is 1.